The SMILES string of the molecule is COCC(N)c1cnc2c(C)cccn12. The molecule has 0 aliphatic heterocycles. The predicted molar refractivity (Wildman–Crippen MR) is 58.7 cm³/mol. The van der Waals surface area contributed by atoms with Crippen molar-refractivity contribution in [3.05, 3.63) is 35.8 Å². The van der Waals surface area contributed by atoms with Gasteiger partial charge in [0.2, 0.25) is 0 Å². The summed E-state index contributed by atoms with van der Waals surface area (Å²) < 4.78 is 7.05. The lowest BCUT2D eigenvalue weighted by molar-refractivity contribution is 0.179. The zero-order valence-corrected chi connectivity index (χ0v) is 8.97. The molecule has 0 aliphatic rings. The normalized spacial score (nSPS) is 13.3. The third kappa shape index (κ3) is 1.73. The quantitative estimate of drug-likeness (QED) is 0.821. The summed E-state index contributed by atoms with van der Waals surface area (Å²) in [7, 11) is 1.65. The molecule has 4 heteroatoms. The highest BCUT2D eigenvalue weighted by molar-refractivity contribution is 5.48. The van der Waals surface area contributed by atoms with E-state index in [4.69, 9.17) is 10.5 Å². The average molecular weight is 205 g/mol. The summed E-state index contributed by atoms with van der Waals surface area (Å²) in [6.07, 6.45) is 3.78. The first-order chi connectivity index (χ1) is 7.24. The molecule has 0 aliphatic carbocycles. The topological polar surface area (TPSA) is 52.5 Å². The second kappa shape index (κ2) is 4.00. The van der Waals surface area contributed by atoms with Crippen LogP contribution >= 0.6 is 0 Å². The van der Waals surface area contributed by atoms with Gasteiger partial charge in [0, 0.05) is 13.3 Å². The molecule has 2 heterocycles. The Kier molecular flexibility index (Phi) is 2.70. The van der Waals surface area contributed by atoms with Crippen molar-refractivity contribution in [2.45, 2.75) is 13.0 Å². The fourth-order valence-corrected chi connectivity index (χ4v) is 1.71. The van der Waals surface area contributed by atoms with Crippen molar-refractivity contribution in [2.75, 3.05) is 13.7 Å². The molecule has 2 aromatic heterocycles. The Bertz CT molecular complexity index is 464. The largest absolute Gasteiger partial charge is 0.383 e. The highest BCUT2D eigenvalue weighted by Crippen LogP contribution is 2.15. The molecule has 0 aromatic carbocycles. The monoisotopic (exact) mass is 205 g/mol. The molecule has 0 fully saturated rings. The number of fused-ring (bicyclic) bond motifs is 1. The summed E-state index contributed by atoms with van der Waals surface area (Å²) in [6.45, 7) is 2.54. The van der Waals surface area contributed by atoms with Crippen LogP contribution in [0.2, 0.25) is 0 Å². The molecule has 0 saturated heterocycles. The summed E-state index contributed by atoms with van der Waals surface area (Å²) in [5, 5.41) is 0. The molecule has 0 amide bonds. The van der Waals surface area contributed by atoms with Gasteiger partial charge in [0.15, 0.2) is 0 Å². The van der Waals surface area contributed by atoms with Crippen molar-refractivity contribution in [1.29, 1.82) is 0 Å². The van der Waals surface area contributed by atoms with E-state index in [0.717, 1.165) is 16.9 Å². The minimum atomic E-state index is -0.133. The first-order valence-electron chi connectivity index (χ1n) is 4.91. The van der Waals surface area contributed by atoms with Gasteiger partial charge in [0.05, 0.1) is 24.5 Å². The van der Waals surface area contributed by atoms with E-state index in [1.54, 1.807) is 7.11 Å². The van der Waals surface area contributed by atoms with Gasteiger partial charge in [-0.2, -0.15) is 0 Å². The van der Waals surface area contributed by atoms with Crippen LogP contribution in [0.4, 0.5) is 0 Å². The van der Waals surface area contributed by atoms with Gasteiger partial charge < -0.3 is 14.9 Å². The highest BCUT2D eigenvalue weighted by Gasteiger charge is 2.11. The van der Waals surface area contributed by atoms with Gasteiger partial charge in [-0.05, 0) is 18.6 Å². The fourth-order valence-electron chi connectivity index (χ4n) is 1.71. The van der Waals surface area contributed by atoms with Gasteiger partial charge in [-0.1, -0.05) is 6.07 Å². The van der Waals surface area contributed by atoms with E-state index >= 15 is 0 Å². The van der Waals surface area contributed by atoms with Crippen molar-refractivity contribution in [3.8, 4) is 0 Å². The first-order valence-corrected chi connectivity index (χ1v) is 4.91. The number of ether oxygens (including phenoxy) is 1. The van der Waals surface area contributed by atoms with E-state index in [9.17, 15) is 0 Å². The smallest absolute Gasteiger partial charge is 0.139 e. The van der Waals surface area contributed by atoms with Gasteiger partial charge in [-0.15, -0.1) is 0 Å². The molecule has 0 spiro atoms. The summed E-state index contributed by atoms with van der Waals surface area (Å²) in [4.78, 5) is 4.35. The van der Waals surface area contributed by atoms with Crippen LogP contribution in [0.25, 0.3) is 5.65 Å². The maximum Gasteiger partial charge on any atom is 0.139 e. The minimum absolute atomic E-state index is 0.133. The van der Waals surface area contributed by atoms with E-state index in [2.05, 4.69) is 4.98 Å². The Hall–Kier alpha value is -1.39. The van der Waals surface area contributed by atoms with Gasteiger partial charge in [0.25, 0.3) is 0 Å². The Morgan fingerprint density at radius 1 is 1.60 bits per heavy atom. The Labute approximate surface area is 88.7 Å². The lowest BCUT2D eigenvalue weighted by atomic mass is 10.2. The van der Waals surface area contributed by atoms with Crippen molar-refractivity contribution in [2.24, 2.45) is 5.73 Å². The number of imidazole rings is 1. The molecule has 1 atom stereocenters. The zero-order valence-electron chi connectivity index (χ0n) is 8.97. The second-order valence-corrected chi connectivity index (χ2v) is 3.63. The Morgan fingerprint density at radius 3 is 3.13 bits per heavy atom. The van der Waals surface area contributed by atoms with E-state index < -0.39 is 0 Å². The number of hydrogen-bond acceptors (Lipinski definition) is 3. The van der Waals surface area contributed by atoms with Crippen LogP contribution in [0, 0.1) is 6.92 Å². The second-order valence-electron chi connectivity index (χ2n) is 3.63. The maximum atomic E-state index is 5.98. The van der Waals surface area contributed by atoms with Crippen LogP contribution in [-0.4, -0.2) is 23.1 Å². The number of methoxy groups -OCH3 is 1. The molecular formula is C11H15N3O. The molecule has 4 nitrogen and oxygen atoms in total. The van der Waals surface area contributed by atoms with Crippen molar-refractivity contribution >= 4 is 5.65 Å². The molecule has 0 bridgehead atoms. The third-order valence-corrected chi connectivity index (χ3v) is 2.49. The number of nitrogens with zero attached hydrogens (tertiary/aromatic N) is 2. The average Bonchev–Trinajstić information content (AvgIpc) is 2.63. The summed E-state index contributed by atoms with van der Waals surface area (Å²) in [6, 6.07) is 3.90. The number of pyridine rings is 1. The number of rotatable bonds is 3. The molecule has 2 aromatic rings. The van der Waals surface area contributed by atoms with Gasteiger partial charge >= 0.3 is 0 Å². The Morgan fingerprint density at radius 2 is 2.40 bits per heavy atom. The summed E-state index contributed by atoms with van der Waals surface area (Å²) in [5.74, 6) is 0. The highest BCUT2D eigenvalue weighted by atomic mass is 16.5. The third-order valence-electron chi connectivity index (χ3n) is 2.49. The molecule has 0 radical (unpaired) electrons. The maximum absolute atomic E-state index is 5.98. The molecule has 0 saturated carbocycles. The molecule has 15 heavy (non-hydrogen) atoms. The van der Waals surface area contributed by atoms with Crippen LogP contribution < -0.4 is 5.73 Å². The number of hydrogen-bond donors (Lipinski definition) is 1. The molecule has 80 valence electrons. The summed E-state index contributed by atoms with van der Waals surface area (Å²) in [5.41, 5.74) is 9.07. The van der Waals surface area contributed by atoms with Crippen molar-refractivity contribution in [3.63, 3.8) is 0 Å². The summed E-state index contributed by atoms with van der Waals surface area (Å²) >= 11 is 0. The molecule has 1 unspecified atom stereocenters. The number of aromatic nitrogens is 2. The minimum Gasteiger partial charge on any atom is -0.383 e. The lowest BCUT2D eigenvalue weighted by Crippen LogP contribution is -2.17. The molecule has 2 N–H and O–H groups in total. The van der Waals surface area contributed by atoms with Gasteiger partial charge in [0.1, 0.15) is 5.65 Å². The first kappa shape index (κ1) is 10.1. The van der Waals surface area contributed by atoms with Crippen LogP contribution in [0.3, 0.4) is 0 Å². The number of aryl methyl sites for hydroxylation is 1. The van der Waals surface area contributed by atoms with Crippen LogP contribution in [-0.2, 0) is 4.74 Å². The van der Waals surface area contributed by atoms with E-state index in [-0.39, 0.29) is 6.04 Å². The number of nitrogens with two attached hydrogens (primary N) is 1. The van der Waals surface area contributed by atoms with Crippen molar-refractivity contribution in [1.82, 2.24) is 9.38 Å². The van der Waals surface area contributed by atoms with Crippen LogP contribution in [0.15, 0.2) is 24.5 Å². The van der Waals surface area contributed by atoms with E-state index in [0.29, 0.717) is 6.61 Å². The predicted octanol–water partition coefficient (Wildman–Crippen LogP) is 1.29. The zero-order chi connectivity index (χ0) is 10.8. The van der Waals surface area contributed by atoms with Crippen LogP contribution in [0.5, 0.6) is 0 Å². The van der Waals surface area contributed by atoms with Crippen LogP contribution in [0.1, 0.15) is 17.3 Å². The van der Waals surface area contributed by atoms with Gasteiger partial charge in [-0.3, -0.25) is 0 Å². The standard InChI is InChI=1S/C11H15N3O/c1-8-4-3-5-14-10(6-13-11(8)14)9(12)7-15-2/h3-6,9H,7,12H2,1-2H3. The molecule has 2 rings (SSSR count). The lowest BCUT2D eigenvalue weighted by Gasteiger charge is -2.10. The van der Waals surface area contributed by atoms with E-state index in [1.807, 2.05) is 35.9 Å². The Balaban J connectivity index is 2.49. The van der Waals surface area contributed by atoms with Gasteiger partial charge in [-0.25, -0.2) is 4.98 Å². The van der Waals surface area contributed by atoms with Crippen molar-refractivity contribution < 1.29 is 4.74 Å². The molecular weight excluding hydrogens is 190 g/mol. The van der Waals surface area contributed by atoms with E-state index in [1.165, 1.54) is 0 Å². The fraction of sp³-hybridized carbons (Fsp3) is 0.364.